The number of aliphatic carboxylic acids is 1. The number of rotatable bonds is 11. The zero-order chi connectivity index (χ0) is 11.4. The molecule has 0 fully saturated rings. The molecule has 0 amide bonds. The normalized spacial score (nSPS) is 10.5. The van der Waals surface area contributed by atoms with Crippen molar-refractivity contribution < 1.29 is 9.90 Å². The lowest BCUT2D eigenvalue weighted by atomic mass is 10.1. The molecule has 0 saturated carbocycles. The molecule has 0 aromatic heterocycles. The Morgan fingerprint density at radius 1 is 1.00 bits per heavy atom. The summed E-state index contributed by atoms with van der Waals surface area (Å²) >= 11 is 0. The predicted molar refractivity (Wildman–Crippen MR) is 60.5 cm³/mol. The number of carboxylic acids is 1. The van der Waals surface area contributed by atoms with Gasteiger partial charge in [0.25, 0.3) is 0 Å². The summed E-state index contributed by atoms with van der Waals surface area (Å²) in [6.45, 7) is 3.00. The summed E-state index contributed by atoms with van der Waals surface area (Å²) in [6, 6.07) is 0. The van der Waals surface area contributed by atoms with E-state index in [1.807, 2.05) is 0 Å². The molecule has 15 heavy (non-hydrogen) atoms. The molecule has 3 nitrogen and oxygen atoms in total. The number of nitrogens with one attached hydrogen (secondary N) is 1. The largest absolute Gasteiger partial charge is 0.549 e. The first-order chi connectivity index (χ1) is 7.27. The van der Waals surface area contributed by atoms with Gasteiger partial charge in [-0.2, -0.15) is 0 Å². The van der Waals surface area contributed by atoms with Gasteiger partial charge in [-0.05, 0) is 13.0 Å². The van der Waals surface area contributed by atoms with Gasteiger partial charge in [0.05, 0.1) is 5.97 Å². The van der Waals surface area contributed by atoms with E-state index >= 15 is 0 Å². The van der Waals surface area contributed by atoms with E-state index in [4.69, 9.17) is 0 Å². The molecule has 0 aromatic carbocycles. The molecule has 3 heteroatoms. The number of hydrogen-bond donors (Lipinski definition) is 1. The van der Waals surface area contributed by atoms with E-state index in [2.05, 4.69) is 12.2 Å². The Morgan fingerprint density at radius 3 is 2.07 bits per heavy atom. The van der Waals surface area contributed by atoms with Crippen LogP contribution in [-0.2, 0) is 4.79 Å². The van der Waals surface area contributed by atoms with Gasteiger partial charge in [0.1, 0.15) is 0 Å². The van der Waals surface area contributed by atoms with Gasteiger partial charge in [-0.1, -0.05) is 51.9 Å². The van der Waals surface area contributed by atoms with E-state index in [1.165, 1.54) is 44.9 Å². The van der Waals surface area contributed by atoms with Crippen LogP contribution in [0.4, 0.5) is 0 Å². The van der Waals surface area contributed by atoms with Gasteiger partial charge in [0.2, 0.25) is 0 Å². The maximum absolute atomic E-state index is 10.1. The fourth-order valence-electron chi connectivity index (χ4n) is 1.57. The minimum absolute atomic E-state index is 0.0174. The van der Waals surface area contributed by atoms with Crippen molar-refractivity contribution in [3.63, 3.8) is 0 Å². The van der Waals surface area contributed by atoms with Crippen molar-refractivity contribution in [2.24, 2.45) is 0 Å². The molecule has 90 valence electrons. The van der Waals surface area contributed by atoms with Gasteiger partial charge in [-0.3, -0.25) is 0 Å². The maximum atomic E-state index is 10.1. The van der Waals surface area contributed by atoms with E-state index in [9.17, 15) is 9.90 Å². The highest BCUT2D eigenvalue weighted by Crippen LogP contribution is 2.07. The van der Waals surface area contributed by atoms with Crippen molar-refractivity contribution in [1.29, 1.82) is 0 Å². The lowest BCUT2D eigenvalue weighted by Crippen LogP contribution is -2.34. The van der Waals surface area contributed by atoms with Crippen LogP contribution in [0.25, 0.3) is 0 Å². The monoisotopic (exact) mass is 214 g/mol. The van der Waals surface area contributed by atoms with Gasteiger partial charge in [0, 0.05) is 6.54 Å². The number of hydrogen-bond acceptors (Lipinski definition) is 3. The minimum Gasteiger partial charge on any atom is -0.549 e. The average Bonchev–Trinajstić information content (AvgIpc) is 2.20. The Balaban J connectivity index is 2.89. The molecule has 0 bridgehead atoms. The summed E-state index contributed by atoms with van der Waals surface area (Å²) in [4.78, 5) is 10.1. The van der Waals surface area contributed by atoms with Crippen LogP contribution in [0.5, 0.6) is 0 Å². The summed E-state index contributed by atoms with van der Waals surface area (Å²) in [5, 5.41) is 12.9. The lowest BCUT2D eigenvalue weighted by Gasteiger charge is -2.05. The van der Waals surface area contributed by atoms with Crippen molar-refractivity contribution in [2.75, 3.05) is 13.1 Å². The Morgan fingerprint density at radius 2 is 1.53 bits per heavy atom. The van der Waals surface area contributed by atoms with E-state index in [0.29, 0.717) is 0 Å². The molecule has 0 aliphatic rings. The van der Waals surface area contributed by atoms with Crippen molar-refractivity contribution >= 4 is 5.97 Å². The zero-order valence-corrected chi connectivity index (χ0v) is 9.89. The van der Waals surface area contributed by atoms with Gasteiger partial charge < -0.3 is 15.2 Å². The molecule has 1 N–H and O–H groups in total. The fourth-order valence-corrected chi connectivity index (χ4v) is 1.57. The van der Waals surface area contributed by atoms with E-state index in [1.54, 1.807) is 0 Å². The average molecular weight is 214 g/mol. The van der Waals surface area contributed by atoms with Crippen LogP contribution in [0.15, 0.2) is 0 Å². The van der Waals surface area contributed by atoms with Crippen LogP contribution in [0.3, 0.4) is 0 Å². The van der Waals surface area contributed by atoms with Crippen molar-refractivity contribution in [2.45, 2.75) is 58.3 Å². The van der Waals surface area contributed by atoms with Gasteiger partial charge in [-0.15, -0.1) is 0 Å². The summed E-state index contributed by atoms with van der Waals surface area (Å²) in [5.74, 6) is -1.02. The molecule has 0 spiro atoms. The van der Waals surface area contributed by atoms with Crippen LogP contribution >= 0.6 is 0 Å². The quantitative estimate of drug-likeness (QED) is 0.530. The van der Waals surface area contributed by atoms with Crippen molar-refractivity contribution in [1.82, 2.24) is 5.32 Å². The zero-order valence-electron chi connectivity index (χ0n) is 9.89. The molecule has 0 radical (unpaired) electrons. The summed E-state index contributed by atoms with van der Waals surface area (Å²) in [6.07, 6.45) is 10.2. The second-order valence-corrected chi connectivity index (χ2v) is 4.02. The van der Waals surface area contributed by atoms with E-state index < -0.39 is 5.97 Å². The lowest BCUT2D eigenvalue weighted by molar-refractivity contribution is -0.304. The first-order valence-corrected chi connectivity index (χ1v) is 6.18. The Hall–Kier alpha value is -0.570. The first kappa shape index (κ1) is 14.4. The molecular formula is C12H24NO2-. The van der Waals surface area contributed by atoms with E-state index in [0.717, 1.165) is 13.0 Å². The van der Waals surface area contributed by atoms with Gasteiger partial charge in [-0.25, -0.2) is 0 Å². The highest BCUT2D eigenvalue weighted by molar-refractivity contribution is 5.66. The smallest absolute Gasteiger partial charge is 0.0552 e. The second kappa shape index (κ2) is 11.5. The molecule has 0 atom stereocenters. The van der Waals surface area contributed by atoms with Crippen LogP contribution in [0.2, 0.25) is 0 Å². The number of carbonyl (C=O) groups is 1. The number of carboxylic acid groups (broad SMARTS) is 1. The Labute approximate surface area is 93.3 Å². The van der Waals surface area contributed by atoms with Crippen molar-refractivity contribution in [3.05, 3.63) is 0 Å². The Bertz CT molecular complexity index is 149. The molecule has 0 aliphatic heterocycles. The molecule has 0 aromatic rings. The molecule has 0 saturated heterocycles. The third kappa shape index (κ3) is 13.4. The standard InChI is InChI=1S/C12H25NO2/c1-2-3-4-5-6-7-8-9-10-13-11-12(14)15/h13H,2-11H2,1H3,(H,14,15)/p-1. The number of unbranched alkanes of at least 4 members (excludes halogenated alkanes) is 7. The fraction of sp³-hybridized carbons (Fsp3) is 0.917. The molecular weight excluding hydrogens is 190 g/mol. The highest BCUT2D eigenvalue weighted by Gasteiger charge is 1.91. The highest BCUT2D eigenvalue weighted by atomic mass is 16.4. The third-order valence-corrected chi connectivity index (χ3v) is 2.48. The third-order valence-electron chi connectivity index (χ3n) is 2.48. The molecule has 0 unspecified atom stereocenters. The van der Waals surface area contributed by atoms with Crippen LogP contribution in [0, 0.1) is 0 Å². The molecule has 0 aliphatic carbocycles. The van der Waals surface area contributed by atoms with E-state index in [-0.39, 0.29) is 6.54 Å². The molecule has 0 heterocycles. The Kier molecular flexibility index (Phi) is 11.1. The van der Waals surface area contributed by atoms with Crippen molar-refractivity contribution in [3.8, 4) is 0 Å². The van der Waals surface area contributed by atoms with Crippen LogP contribution in [0.1, 0.15) is 58.3 Å². The SMILES string of the molecule is CCCCCCCCCCNCC(=O)[O-]. The molecule has 0 rings (SSSR count). The minimum atomic E-state index is -1.02. The van der Waals surface area contributed by atoms with Gasteiger partial charge >= 0.3 is 0 Å². The van der Waals surface area contributed by atoms with Crippen LogP contribution in [-0.4, -0.2) is 19.1 Å². The van der Waals surface area contributed by atoms with Crippen LogP contribution < -0.4 is 10.4 Å². The summed E-state index contributed by atoms with van der Waals surface area (Å²) in [7, 11) is 0. The predicted octanol–water partition coefficient (Wildman–Crippen LogP) is 1.47. The second-order valence-electron chi connectivity index (χ2n) is 4.02. The first-order valence-electron chi connectivity index (χ1n) is 6.18. The topological polar surface area (TPSA) is 52.2 Å². The summed E-state index contributed by atoms with van der Waals surface area (Å²) in [5.41, 5.74) is 0. The summed E-state index contributed by atoms with van der Waals surface area (Å²) < 4.78 is 0. The van der Waals surface area contributed by atoms with Gasteiger partial charge in [0.15, 0.2) is 0 Å². The number of carbonyl (C=O) groups excluding carboxylic acids is 1. The maximum Gasteiger partial charge on any atom is 0.0552 e.